The SMILES string of the molecule is CCCCCCCCCCCc1nc(C(O)C(N)CCC)c(CO)[nH]1. The van der Waals surface area contributed by atoms with Crippen LogP contribution < -0.4 is 5.73 Å². The lowest BCUT2D eigenvalue weighted by Gasteiger charge is -2.17. The van der Waals surface area contributed by atoms with Crippen LogP contribution in [0.2, 0.25) is 0 Å². The lowest BCUT2D eigenvalue weighted by molar-refractivity contribution is 0.134. The normalized spacial score (nSPS) is 14.0. The van der Waals surface area contributed by atoms with Crippen molar-refractivity contribution in [3.8, 4) is 0 Å². The van der Waals surface area contributed by atoms with Crippen LogP contribution in [0.15, 0.2) is 0 Å². The summed E-state index contributed by atoms with van der Waals surface area (Å²) < 4.78 is 0. The molecule has 1 heterocycles. The third-order valence-electron chi connectivity index (χ3n) is 4.84. The van der Waals surface area contributed by atoms with E-state index in [2.05, 4.69) is 16.9 Å². The highest BCUT2D eigenvalue weighted by atomic mass is 16.3. The minimum Gasteiger partial charge on any atom is -0.390 e. The van der Waals surface area contributed by atoms with Gasteiger partial charge < -0.3 is 20.9 Å². The predicted molar refractivity (Wildman–Crippen MR) is 103 cm³/mol. The van der Waals surface area contributed by atoms with Crippen molar-refractivity contribution in [2.45, 2.75) is 110 Å². The maximum absolute atomic E-state index is 10.4. The van der Waals surface area contributed by atoms with Gasteiger partial charge >= 0.3 is 0 Å². The van der Waals surface area contributed by atoms with Gasteiger partial charge in [-0.05, 0) is 12.8 Å². The van der Waals surface area contributed by atoms with Gasteiger partial charge in [0.25, 0.3) is 0 Å². The van der Waals surface area contributed by atoms with Gasteiger partial charge in [-0.15, -0.1) is 0 Å². The zero-order valence-corrected chi connectivity index (χ0v) is 16.3. The van der Waals surface area contributed by atoms with Crippen molar-refractivity contribution in [2.75, 3.05) is 0 Å². The third-order valence-corrected chi connectivity index (χ3v) is 4.84. The molecule has 5 N–H and O–H groups in total. The Kier molecular flexibility index (Phi) is 11.8. The number of H-pyrrole nitrogens is 1. The lowest BCUT2D eigenvalue weighted by atomic mass is 10.0. The van der Waals surface area contributed by atoms with Gasteiger partial charge in [-0.25, -0.2) is 4.98 Å². The van der Waals surface area contributed by atoms with Crippen LogP contribution in [0.3, 0.4) is 0 Å². The predicted octanol–water partition coefficient (Wildman–Crippen LogP) is 4.14. The standard InChI is InChI=1S/C20H39N3O2/c1-3-5-6-7-8-9-10-11-12-14-18-22-17(15-24)19(23-18)20(25)16(21)13-4-2/h16,20,24-25H,3-15,21H2,1-2H3,(H,22,23). The van der Waals surface area contributed by atoms with Crippen molar-refractivity contribution in [1.29, 1.82) is 0 Å². The van der Waals surface area contributed by atoms with Gasteiger partial charge in [0.2, 0.25) is 0 Å². The van der Waals surface area contributed by atoms with E-state index in [1.54, 1.807) is 0 Å². The number of aryl methyl sites for hydroxylation is 1. The largest absolute Gasteiger partial charge is 0.390 e. The average Bonchev–Trinajstić information content (AvgIpc) is 3.03. The molecule has 0 aliphatic heterocycles. The molecule has 0 saturated heterocycles. The number of aliphatic hydroxyl groups is 2. The molecule has 1 aromatic rings. The zero-order valence-electron chi connectivity index (χ0n) is 16.3. The van der Waals surface area contributed by atoms with Crippen LogP contribution in [0.5, 0.6) is 0 Å². The average molecular weight is 354 g/mol. The molecule has 2 unspecified atom stereocenters. The van der Waals surface area contributed by atoms with Gasteiger partial charge in [0.05, 0.1) is 18.0 Å². The maximum Gasteiger partial charge on any atom is 0.113 e. The molecule has 1 aromatic heterocycles. The topological polar surface area (TPSA) is 95.2 Å². The van der Waals surface area contributed by atoms with Gasteiger partial charge in [0.1, 0.15) is 11.9 Å². The molecule has 5 nitrogen and oxygen atoms in total. The Balaban J connectivity index is 2.32. The van der Waals surface area contributed by atoms with E-state index in [4.69, 9.17) is 5.73 Å². The second-order valence-electron chi connectivity index (χ2n) is 7.18. The number of rotatable bonds is 15. The fraction of sp³-hybridized carbons (Fsp3) is 0.850. The Morgan fingerprint density at radius 1 is 0.960 bits per heavy atom. The van der Waals surface area contributed by atoms with Gasteiger partial charge in [-0.2, -0.15) is 0 Å². The third kappa shape index (κ3) is 8.34. The monoisotopic (exact) mass is 353 g/mol. The fourth-order valence-corrected chi connectivity index (χ4v) is 3.26. The van der Waals surface area contributed by atoms with Crippen molar-refractivity contribution < 1.29 is 10.2 Å². The van der Waals surface area contributed by atoms with Crippen LogP contribution in [0, 0.1) is 0 Å². The molecule has 0 bridgehead atoms. The highest BCUT2D eigenvalue weighted by Gasteiger charge is 2.22. The number of imidazole rings is 1. The number of hydrogen-bond acceptors (Lipinski definition) is 4. The summed E-state index contributed by atoms with van der Waals surface area (Å²) in [5.74, 6) is 0.852. The molecule has 146 valence electrons. The van der Waals surface area contributed by atoms with Gasteiger partial charge in [-0.1, -0.05) is 71.6 Å². The van der Waals surface area contributed by atoms with E-state index < -0.39 is 6.10 Å². The van der Waals surface area contributed by atoms with Crippen LogP contribution in [0.4, 0.5) is 0 Å². The van der Waals surface area contributed by atoms with E-state index in [-0.39, 0.29) is 12.6 Å². The lowest BCUT2D eigenvalue weighted by Crippen LogP contribution is -2.29. The molecule has 0 fully saturated rings. The molecule has 0 saturated carbocycles. The summed E-state index contributed by atoms with van der Waals surface area (Å²) in [4.78, 5) is 7.66. The molecule has 0 aliphatic rings. The van der Waals surface area contributed by atoms with Crippen molar-refractivity contribution >= 4 is 0 Å². The smallest absolute Gasteiger partial charge is 0.113 e. The highest BCUT2D eigenvalue weighted by Crippen LogP contribution is 2.21. The molecular weight excluding hydrogens is 314 g/mol. The summed E-state index contributed by atoms with van der Waals surface area (Å²) in [5, 5.41) is 19.9. The fourth-order valence-electron chi connectivity index (χ4n) is 3.26. The molecule has 25 heavy (non-hydrogen) atoms. The first-order valence-corrected chi connectivity index (χ1v) is 10.3. The van der Waals surface area contributed by atoms with Crippen molar-refractivity contribution in [1.82, 2.24) is 9.97 Å². The van der Waals surface area contributed by atoms with Crippen molar-refractivity contribution in [3.63, 3.8) is 0 Å². The van der Waals surface area contributed by atoms with Crippen LogP contribution in [-0.2, 0) is 13.0 Å². The Morgan fingerprint density at radius 3 is 2.12 bits per heavy atom. The van der Waals surface area contributed by atoms with E-state index in [1.807, 2.05) is 6.92 Å². The first kappa shape index (κ1) is 22.1. The maximum atomic E-state index is 10.4. The number of hydrogen-bond donors (Lipinski definition) is 4. The Hall–Kier alpha value is -0.910. The highest BCUT2D eigenvalue weighted by molar-refractivity contribution is 5.18. The second kappa shape index (κ2) is 13.3. The second-order valence-corrected chi connectivity index (χ2v) is 7.18. The summed E-state index contributed by atoms with van der Waals surface area (Å²) >= 11 is 0. The zero-order chi connectivity index (χ0) is 18.5. The van der Waals surface area contributed by atoms with Gasteiger partial charge in [-0.3, -0.25) is 0 Å². The first-order valence-electron chi connectivity index (χ1n) is 10.3. The van der Waals surface area contributed by atoms with Crippen LogP contribution in [0.25, 0.3) is 0 Å². The summed E-state index contributed by atoms with van der Waals surface area (Å²) in [5.41, 5.74) is 7.13. The van der Waals surface area contributed by atoms with Gasteiger partial charge in [0, 0.05) is 12.5 Å². The number of nitrogens with zero attached hydrogens (tertiary/aromatic N) is 1. The minimum absolute atomic E-state index is 0.143. The Labute approximate surface area is 153 Å². The summed E-state index contributed by atoms with van der Waals surface area (Å²) in [6.45, 7) is 4.15. The summed E-state index contributed by atoms with van der Waals surface area (Å²) in [7, 11) is 0. The number of nitrogens with two attached hydrogens (primary N) is 1. The quantitative estimate of drug-likeness (QED) is 0.356. The van der Waals surface area contributed by atoms with E-state index in [0.29, 0.717) is 11.4 Å². The molecule has 0 spiro atoms. The first-order chi connectivity index (χ1) is 12.1. The Bertz CT molecular complexity index is 448. The molecule has 2 atom stereocenters. The molecule has 0 amide bonds. The van der Waals surface area contributed by atoms with Crippen LogP contribution >= 0.6 is 0 Å². The van der Waals surface area contributed by atoms with Gasteiger partial charge in [0.15, 0.2) is 0 Å². The van der Waals surface area contributed by atoms with E-state index >= 15 is 0 Å². The van der Waals surface area contributed by atoms with E-state index in [1.165, 1.54) is 51.4 Å². The van der Waals surface area contributed by atoms with E-state index in [0.717, 1.165) is 31.5 Å². The summed E-state index contributed by atoms with van der Waals surface area (Å²) in [6.07, 6.45) is 13.4. The molecule has 0 radical (unpaired) electrons. The number of aliphatic hydroxyl groups excluding tert-OH is 2. The Morgan fingerprint density at radius 2 is 1.56 bits per heavy atom. The molecule has 0 aliphatic carbocycles. The molecular formula is C20H39N3O2. The van der Waals surface area contributed by atoms with Crippen LogP contribution in [0.1, 0.15) is 108 Å². The summed E-state index contributed by atoms with van der Waals surface area (Å²) in [6, 6.07) is -0.334. The number of unbranched alkanes of at least 4 members (excludes halogenated alkanes) is 8. The van der Waals surface area contributed by atoms with E-state index in [9.17, 15) is 10.2 Å². The minimum atomic E-state index is -0.810. The van der Waals surface area contributed by atoms with Crippen LogP contribution in [-0.4, -0.2) is 26.2 Å². The van der Waals surface area contributed by atoms with Crippen molar-refractivity contribution in [3.05, 3.63) is 17.2 Å². The molecule has 5 heteroatoms. The molecule has 1 rings (SSSR count). The number of aromatic nitrogens is 2. The number of nitrogens with one attached hydrogen (secondary N) is 1. The molecule has 0 aromatic carbocycles. The van der Waals surface area contributed by atoms with Crippen molar-refractivity contribution in [2.24, 2.45) is 5.73 Å². The number of aromatic amines is 1.